The molecule has 0 spiro atoms. The van der Waals surface area contributed by atoms with Crippen molar-refractivity contribution in [1.82, 2.24) is 0 Å². The summed E-state index contributed by atoms with van der Waals surface area (Å²) in [6, 6.07) is 0. The fraction of sp³-hybridized carbons (Fsp3) is 1.00. The van der Waals surface area contributed by atoms with Crippen LogP contribution in [0, 0.1) is 0 Å². The molecule has 0 bridgehead atoms. The number of unbranched alkanes of at least 4 members (excludes halogenated alkanes) is 1. The summed E-state index contributed by atoms with van der Waals surface area (Å²) in [6.07, 6.45) is 4.12. The normalized spacial score (nSPS) is 13.9. The number of rotatable bonds is 6. The first-order valence-electron chi connectivity index (χ1n) is 4.56. The molecule has 0 amide bonds. The Bertz CT molecular complexity index is 83.6. The minimum Gasteiger partial charge on any atom is -0.374 e. The first-order valence-corrected chi connectivity index (χ1v) is 4.56. The highest BCUT2D eigenvalue weighted by molar-refractivity contribution is 4.59. The van der Waals surface area contributed by atoms with E-state index in [1.165, 1.54) is 12.8 Å². The van der Waals surface area contributed by atoms with Crippen molar-refractivity contribution in [2.24, 2.45) is 5.73 Å². The molecule has 11 heavy (non-hydrogen) atoms. The van der Waals surface area contributed by atoms with Crippen molar-refractivity contribution in [3.8, 4) is 0 Å². The van der Waals surface area contributed by atoms with Crippen molar-refractivity contribution in [2.75, 3.05) is 6.54 Å². The Labute approximate surface area is 70.1 Å². The van der Waals surface area contributed by atoms with E-state index in [9.17, 15) is 0 Å². The summed E-state index contributed by atoms with van der Waals surface area (Å²) >= 11 is 0. The molecule has 0 rings (SSSR count). The molecule has 0 saturated heterocycles. The Kier molecular flexibility index (Phi) is 6.57. The first-order chi connectivity index (χ1) is 5.20. The van der Waals surface area contributed by atoms with Gasteiger partial charge in [-0.2, -0.15) is 0 Å². The molecule has 2 N–H and O–H groups in total. The fourth-order valence-electron chi connectivity index (χ4n) is 1.06. The molecule has 0 radical (unpaired) electrons. The van der Waals surface area contributed by atoms with E-state index >= 15 is 0 Å². The first kappa shape index (κ1) is 10.9. The van der Waals surface area contributed by atoms with Gasteiger partial charge in [-0.1, -0.05) is 19.8 Å². The van der Waals surface area contributed by atoms with Gasteiger partial charge >= 0.3 is 0 Å². The van der Waals surface area contributed by atoms with Crippen LogP contribution in [0.4, 0.5) is 0 Å². The van der Waals surface area contributed by atoms with Gasteiger partial charge in [-0.05, 0) is 20.3 Å². The molecule has 1 unspecified atom stereocenters. The van der Waals surface area contributed by atoms with Crippen molar-refractivity contribution in [2.45, 2.75) is 52.2 Å². The van der Waals surface area contributed by atoms with Crippen molar-refractivity contribution < 1.29 is 4.74 Å². The van der Waals surface area contributed by atoms with Gasteiger partial charge < -0.3 is 10.5 Å². The molecule has 0 aliphatic carbocycles. The van der Waals surface area contributed by atoms with Gasteiger partial charge in [0.1, 0.15) is 0 Å². The minimum atomic E-state index is 0.273. The van der Waals surface area contributed by atoms with E-state index in [0.717, 1.165) is 6.42 Å². The van der Waals surface area contributed by atoms with Crippen molar-refractivity contribution in [3.63, 3.8) is 0 Å². The molecule has 68 valence electrons. The Morgan fingerprint density at radius 3 is 2.36 bits per heavy atom. The van der Waals surface area contributed by atoms with E-state index in [-0.39, 0.29) is 6.10 Å². The lowest BCUT2D eigenvalue weighted by atomic mass is 10.1. The third-order valence-corrected chi connectivity index (χ3v) is 1.61. The number of nitrogens with two attached hydrogens (primary N) is 1. The molecule has 2 heteroatoms. The molecule has 0 aromatic carbocycles. The molecular formula is C9H21NO. The van der Waals surface area contributed by atoms with Gasteiger partial charge in [0.05, 0.1) is 12.2 Å². The average Bonchev–Trinajstić information content (AvgIpc) is 1.97. The van der Waals surface area contributed by atoms with Gasteiger partial charge in [-0.15, -0.1) is 0 Å². The molecule has 0 aliphatic rings. The lowest BCUT2D eigenvalue weighted by molar-refractivity contribution is 0.00760. The monoisotopic (exact) mass is 159 g/mol. The maximum Gasteiger partial charge on any atom is 0.0700 e. The highest BCUT2D eigenvalue weighted by Gasteiger charge is 2.07. The van der Waals surface area contributed by atoms with Gasteiger partial charge in [0.15, 0.2) is 0 Å². The van der Waals surface area contributed by atoms with Crippen LogP contribution in [-0.4, -0.2) is 18.8 Å². The van der Waals surface area contributed by atoms with Crippen LogP contribution < -0.4 is 5.73 Å². The van der Waals surface area contributed by atoms with Gasteiger partial charge in [0.2, 0.25) is 0 Å². The molecule has 1 atom stereocenters. The highest BCUT2D eigenvalue weighted by atomic mass is 16.5. The van der Waals surface area contributed by atoms with E-state index in [2.05, 4.69) is 20.8 Å². The van der Waals surface area contributed by atoms with Gasteiger partial charge in [-0.3, -0.25) is 0 Å². The zero-order chi connectivity index (χ0) is 8.69. The summed E-state index contributed by atoms with van der Waals surface area (Å²) < 4.78 is 5.58. The summed E-state index contributed by atoms with van der Waals surface area (Å²) in [5, 5.41) is 0. The SMILES string of the molecule is CCCCC(CN)OC(C)C. The van der Waals surface area contributed by atoms with Gasteiger partial charge in [0, 0.05) is 6.54 Å². The van der Waals surface area contributed by atoms with E-state index in [1.54, 1.807) is 0 Å². The van der Waals surface area contributed by atoms with Crippen LogP contribution in [0.25, 0.3) is 0 Å². The van der Waals surface area contributed by atoms with Gasteiger partial charge in [-0.25, -0.2) is 0 Å². The standard InChI is InChI=1S/C9H21NO/c1-4-5-6-9(7-10)11-8(2)3/h8-9H,4-7,10H2,1-3H3. The third kappa shape index (κ3) is 6.32. The molecule has 0 heterocycles. The lowest BCUT2D eigenvalue weighted by Crippen LogP contribution is -2.26. The molecule has 2 nitrogen and oxygen atoms in total. The van der Waals surface area contributed by atoms with E-state index in [0.29, 0.717) is 12.6 Å². The average molecular weight is 159 g/mol. The third-order valence-electron chi connectivity index (χ3n) is 1.61. The Morgan fingerprint density at radius 2 is 2.00 bits per heavy atom. The molecule has 0 saturated carbocycles. The van der Waals surface area contributed by atoms with Crippen LogP contribution in [0.1, 0.15) is 40.0 Å². The van der Waals surface area contributed by atoms with Crippen LogP contribution in [0.2, 0.25) is 0 Å². The minimum absolute atomic E-state index is 0.273. The fourth-order valence-corrected chi connectivity index (χ4v) is 1.06. The highest BCUT2D eigenvalue weighted by Crippen LogP contribution is 2.05. The molecule has 0 fully saturated rings. The Morgan fingerprint density at radius 1 is 1.36 bits per heavy atom. The molecular weight excluding hydrogens is 138 g/mol. The van der Waals surface area contributed by atoms with Crippen LogP contribution in [0.15, 0.2) is 0 Å². The van der Waals surface area contributed by atoms with E-state index in [1.807, 2.05) is 0 Å². The second kappa shape index (κ2) is 6.62. The van der Waals surface area contributed by atoms with Crippen LogP contribution >= 0.6 is 0 Å². The largest absolute Gasteiger partial charge is 0.374 e. The summed E-state index contributed by atoms with van der Waals surface area (Å²) in [5.41, 5.74) is 5.54. The van der Waals surface area contributed by atoms with Crippen molar-refractivity contribution in [1.29, 1.82) is 0 Å². The number of hydrogen-bond acceptors (Lipinski definition) is 2. The predicted molar refractivity (Wildman–Crippen MR) is 48.6 cm³/mol. The van der Waals surface area contributed by atoms with E-state index in [4.69, 9.17) is 10.5 Å². The zero-order valence-electron chi connectivity index (χ0n) is 7.97. The Balaban J connectivity index is 3.41. The molecule has 0 aliphatic heterocycles. The maximum atomic E-state index is 5.58. The lowest BCUT2D eigenvalue weighted by Gasteiger charge is -2.18. The predicted octanol–water partition coefficient (Wildman–Crippen LogP) is 1.93. The summed E-state index contributed by atoms with van der Waals surface area (Å²) in [6.45, 7) is 6.93. The smallest absolute Gasteiger partial charge is 0.0700 e. The zero-order valence-corrected chi connectivity index (χ0v) is 7.97. The summed E-state index contributed by atoms with van der Waals surface area (Å²) in [4.78, 5) is 0. The molecule has 0 aromatic heterocycles. The summed E-state index contributed by atoms with van der Waals surface area (Å²) in [5.74, 6) is 0. The quantitative estimate of drug-likeness (QED) is 0.642. The number of ether oxygens (including phenoxy) is 1. The van der Waals surface area contributed by atoms with Crippen LogP contribution in [-0.2, 0) is 4.74 Å². The van der Waals surface area contributed by atoms with E-state index < -0.39 is 0 Å². The van der Waals surface area contributed by atoms with Gasteiger partial charge in [0.25, 0.3) is 0 Å². The van der Waals surface area contributed by atoms with Crippen molar-refractivity contribution >= 4 is 0 Å². The Hall–Kier alpha value is -0.0800. The molecule has 0 aromatic rings. The topological polar surface area (TPSA) is 35.2 Å². The van der Waals surface area contributed by atoms with Crippen LogP contribution in [0.5, 0.6) is 0 Å². The number of hydrogen-bond donors (Lipinski definition) is 1. The maximum absolute atomic E-state index is 5.58. The second-order valence-electron chi connectivity index (χ2n) is 3.18. The van der Waals surface area contributed by atoms with Crippen LogP contribution in [0.3, 0.4) is 0 Å². The van der Waals surface area contributed by atoms with Crippen molar-refractivity contribution in [3.05, 3.63) is 0 Å². The summed E-state index contributed by atoms with van der Waals surface area (Å²) in [7, 11) is 0. The second-order valence-corrected chi connectivity index (χ2v) is 3.18.